The second-order valence-electron chi connectivity index (χ2n) is 3.00. The molecular formula is C8H17NO3S. The lowest BCUT2D eigenvalue weighted by Gasteiger charge is -2.23. The summed E-state index contributed by atoms with van der Waals surface area (Å²) in [6, 6.07) is 0. The maximum atomic E-state index is 8.89. The first kappa shape index (κ1) is 12.7. The van der Waals surface area contributed by atoms with E-state index < -0.39 is 5.97 Å². The van der Waals surface area contributed by atoms with E-state index in [0.29, 0.717) is 0 Å². The predicted octanol–water partition coefficient (Wildman–Crippen LogP) is -1.33. The van der Waals surface area contributed by atoms with E-state index in [4.69, 9.17) is 14.6 Å². The van der Waals surface area contributed by atoms with Gasteiger partial charge in [-0.3, -0.25) is 0 Å². The lowest BCUT2D eigenvalue weighted by Crippen LogP contribution is -2.54. The highest BCUT2D eigenvalue weighted by atomic mass is 32.1. The summed E-state index contributed by atoms with van der Waals surface area (Å²) in [5.74, 6) is -0.332. The zero-order chi connectivity index (χ0) is 10.3. The van der Waals surface area contributed by atoms with Crippen molar-refractivity contribution in [3.05, 3.63) is 0 Å². The summed E-state index contributed by atoms with van der Waals surface area (Å²) in [6.45, 7) is 2.87. The Balaban J connectivity index is 0.000000310. The monoisotopic (exact) mass is 207 g/mol. The summed E-state index contributed by atoms with van der Waals surface area (Å²) in [4.78, 5) is 8.89. The molecule has 0 aromatic rings. The molecule has 2 unspecified atom stereocenters. The lowest BCUT2D eigenvalue weighted by molar-refractivity contribution is -0.381. The van der Waals surface area contributed by atoms with E-state index in [0.717, 1.165) is 32.4 Å². The largest absolute Gasteiger partial charge is 0.550 e. The third-order valence-electron chi connectivity index (χ3n) is 1.78. The first-order valence-electron chi connectivity index (χ1n) is 4.32. The minimum absolute atomic E-state index is 0.172. The third-order valence-corrected chi connectivity index (χ3v) is 2.14. The van der Waals surface area contributed by atoms with Gasteiger partial charge in [0.2, 0.25) is 0 Å². The third kappa shape index (κ3) is 8.08. The molecule has 1 aliphatic rings. The number of carboxylic acid groups (broad SMARTS) is 1. The number of aliphatic carboxylic acids is 1. The number of carbonyl (C=O) groups is 1. The van der Waals surface area contributed by atoms with Gasteiger partial charge in [-0.25, -0.2) is 0 Å². The van der Waals surface area contributed by atoms with Crippen LogP contribution in [0.3, 0.4) is 0 Å². The van der Waals surface area contributed by atoms with Gasteiger partial charge in [0.25, 0.3) is 0 Å². The van der Waals surface area contributed by atoms with E-state index in [1.807, 2.05) is 0 Å². The van der Waals surface area contributed by atoms with Gasteiger partial charge in [-0.2, -0.15) is 0 Å². The second kappa shape index (κ2) is 7.17. The molecule has 0 saturated carbocycles. The van der Waals surface area contributed by atoms with Crippen molar-refractivity contribution in [3.8, 4) is 0 Å². The molecule has 0 amide bonds. The van der Waals surface area contributed by atoms with Gasteiger partial charge in [0.05, 0.1) is 6.54 Å². The molecule has 0 aromatic heterocycles. The van der Waals surface area contributed by atoms with Crippen molar-refractivity contribution in [1.29, 1.82) is 0 Å². The smallest absolute Gasteiger partial charge is 0.100 e. The van der Waals surface area contributed by atoms with Crippen molar-refractivity contribution in [2.45, 2.75) is 25.2 Å². The normalized spacial score (nSPS) is 27.3. The maximum Gasteiger partial charge on any atom is 0.100 e. The van der Waals surface area contributed by atoms with E-state index in [2.05, 4.69) is 18.4 Å². The highest BCUT2D eigenvalue weighted by Gasteiger charge is 2.19. The van der Waals surface area contributed by atoms with Crippen LogP contribution in [-0.2, 0) is 9.53 Å². The van der Waals surface area contributed by atoms with Gasteiger partial charge in [0.15, 0.2) is 0 Å². The summed E-state index contributed by atoms with van der Waals surface area (Å²) in [5.41, 5.74) is 4.03. The van der Waals surface area contributed by atoms with Gasteiger partial charge in [-0.05, 0) is 19.8 Å². The number of thiol groups is 1. The Bertz CT molecular complexity index is 150. The number of ether oxygens (including phenoxy) is 1. The first-order chi connectivity index (χ1) is 6.06. The fourth-order valence-electron chi connectivity index (χ4n) is 1.10. The van der Waals surface area contributed by atoms with Crippen LogP contribution in [0.5, 0.6) is 0 Å². The molecule has 1 saturated heterocycles. The Hall–Kier alpha value is -0.260. The molecule has 2 atom stereocenters. The maximum absolute atomic E-state index is 8.89. The van der Waals surface area contributed by atoms with Crippen LogP contribution in [0.2, 0.25) is 0 Å². The fraction of sp³-hybridized carbons (Fsp3) is 0.875. The molecular weight excluding hydrogens is 190 g/mol. The summed E-state index contributed by atoms with van der Waals surface area (Å²) < 4.78 is 5.25. The number of hydrogen-bond acceptors (Lipinski definition) is 4. The van der Waals surface area contributed by atoms with Gasteiger partial charge >= 0.3 is 0 Å². The quantitative estimate of drug-likeness (QED) is 0.523. The number of carboxylic acids is 1. The van der Waals surface area contributed by atoms with Crippen molar-refractivity contribution >= 4 is 18.6 Å². The number of carbonyl (C=O) groups excluding carboxylic acids is 1. The SMILES string of the molecule is CC(=O)[O-].[NH3+]CC1CCOC(S)C1. The van der Waals surface area contributed by atoms with E-state index in [1.165, 1.54) is 6.42 Å². The van der Waals surface area contributed by atoms with Gasteiger partial charge < -0.3 is 20.4 Å². The standard InChI is InChI=1S/C6H13NOS.C2H4O2/c7-4-5-1-2-8-6(9)3-5;1-2(3)4/h5-6,9H,1-4,7H2;1H3,(H,3,4). The second-order valence-corrected chi connectivity index (χ2v) is 3.57. The minimum atomic E-state index is -1.08. The molecule has 0 aromatic carbocycles. The van der Waals surface area contributed by atoms with E-state index in [9.17, 15) is 0 Å². The van der Waals surface area contributed by atoms with Crippen LogP contribution in [0.15, 0.2) is 0 Å². The van der Waals surface area contributed by atoms with Gasteiger partial charge in [0.1, 0.15) is 5.44 Å². The molecule has 78 valence electrons. The molecule has 1 heterocycles. The number of hydrogen-bond donors (Lipinski definition) is 2. The predicted molar refractivity (Wildman–Crippen MR) is 49.9 cm³/mol. The van der Waals surface area contributed by atoms with E-state index in [1.54, 1.807) is 0 Å². The van der Waals surface area contributed by atoms with Crippen LogP contribution in [0.1, 0.15) is 19.8 Å². The highest BCUT2D eigenvalue weighted by Crippen LogP contribution is 2.20. The van der Waals surface area contributed by atoms with Crippen LogP contribution in [0.25, 0.3) is 0 Å². The highest BCUT2D eigenvalue weighted by molar-refractivity contribution is 7.80. The van der Waals surface area contributed by atoms with Crippen LogP contribution >= 0.6 is 12.6 Å². The van der Waals surface area contributed by atoms with E-state index >= 15 is 0 Å². The molecule has 4 nitrogen and oxygen atoms in total. The molecule has 0 bridgehead atoms. The molecule has 1 aliphatic heterocycles. The topological polar surface area (TPSA) is 77.0 Å². The molecule has 0 aliphatic carbocycles. The fourth-order valence-corrected chi connectivity index (χ4v) is 1.51. The molecule has 3 N–H and O–H groups in total. The van der Waals surface area contributed by atoms with Gasteiger partial charge in [-0.15, -0.1) is 12.6 Å². The zero-order valence-corrected chi connectivity index (χ0v) is 8.76. The van der Waals surface area contributed by atoms with Crippen molar-refractivity contribution in [3.63, 3.8) is 0 Å². The lowest BCUT2D eigenvalue weighted by atomic mass is 10.0. The van der Waals surface area contributed by atoms with Crippen molar-refractivity contribution in [1.82, 2.24) is 0 Å². The summed E-state index contributed by atoms with van der Waals surface area (Å²) >= 11 is 4.22. The molecule has 1 fully saturated rings. The van der Waals surface area contributed by atoms with Crippen LogP contribution in [0.4, 0.5) is 0 Å². The average molecular weight is 207 g/mol. The summed E-state index contributed by atoms with van der Waals surface area (Å²) in [7, 11) is 0. The number of rotatable bonds is 1. The Labute approximate surface area is 83.9 Å². The van der Waals surface area contributed by atoms with Crippen molar-refractivity contribution < 1.29 is 20.4 Å². The van der Waals surface area contributed by atoms with Crippen LogP contribution < -0.4 is 10.8 Å². The Morgan fingerprint density at radius 3 is 2.62 bits per heavy atom. The minimum Gasteiger partial charge on any atom is -0.550 e. The Morgan fingerprint density at radius 2 is 2.31 bits per heavy atom. The zero-order valence-electron chi connectivity index (χ0n) is 7.86. The summed E-state index contributed by atoms with van der Waals surface area (Å²) in [5, 5.41) is 8.89. The van der Waals surface area contributed by atoms with Crippen molar-refractivity contribution in [2.75, 3.05) is 13.2 Å². The molecule has 0 spiro atoms. The van der Waals surface area contributed by atoms with Gasteiger partial charge in [-0.1, -0.05) is 0 Å². The first-order valence-corrected chi connectivity index (χ1v) is 4.84. The van der Waals surface area contributed by atoms with Crippen LogP contribution in [-0.4, -0.2) is 24.6 Å². The molecule has 13 heavy (non-hydrogen) atoms. The van der Waals surface area contributed by atoms with E-state index in [-0.39, 0.29) is 5.44 Å². The Kier molecular flexibility index (Phi) is 7.03. The molecule has 1 rings (SSSR count). The molecule has 0 radical (unpaired) electrons. The Morgan fingerprint density at radius 1 is 1.77 bits per heavy atom. The number of quaternary nitrogens is 1. The van der Waals surface area contributed by atoms with Crippen LogP contribution in [0, 0.1) is 5.92 Å². The van der Waals surface area contributed by atoms with Crippen molar-refractivity contribution in [2.24, 2.45) is 5.92 Å². The summed E-state index contributed by atoms with van der Waals surface area (Å²) in [6.07, 6.45) is 2.24. The molecule has 5 heteroatoms. The van der Waals surface area contributed by atoms with Gasteiger partial charge in [0, 0.05) is 18.5 Å². The average Bonchev–Trinajstić information content (AvgIpc) is 2.03.